The van der Waals surface area contributed by atoms with Crippen molar-refractivity contribution in [2.45, 2.75) is 10.6 Å². The van der Waals surface area contributed by atoms with E-state index < -0.39 is 10.0 Å². The van der Waals surface area contributed by atoms with Crippen molar-refractivity contribution in [3.63, 3.8) is 0 Å². The zero-order chi connectivity index (χ0) is 17.0. The number of anilines is 1. The first-order valence-corrected chi connectivity index (χ1v) is 9.72. The Morgan fingerprint density at radius 3 is 2.50 bits per heavy atom. The molecule has 0 unspecified atom stereocenters. The van der Waals surface area contributed by atoms with Gasteiger partial charge in [-0.05, 0) is 35.2 Å². The van der Waals surface area contributed by atoms with E-state index in [-0.39, 0.29) is 0 Å². The number of hydrogen-bond acceptors (Lipinski definition) is 4. The molecule has 0 bridgehead atoms. The number of nitrogens with one attached hydrogen (secondary N) is 1. The Bertz CT molecular complexity index is 905. The molecule has 0 radical (unpaired) electrons. The first-order chi connectivity index (χ1) is 11.6. The highest BCUT2D eigenvalue weighted by atomic mass is 32.2. The van der Waals surface area contributed by atoms with Gasteiger partial charge >= 0.3 is 0 Å². The second kappa shape index (κ2) is 7.07. The maximum Gasteiger partial charge on any atom is 0.271 e. The highest BCUT2D eigenvalue weighted by molar-refractivity contribution is 7.94. The molecular formula is C18H17NO3S2. The number of benzene rings is 2. The number of sulfonamides is 1. The van der Waals surface area contributed by atoms with Gasteiger partial charge in [-0.15, -0.1) is 11.3 Å². The second-order valence-electron chi connectivity index (χ2n) is 5.23. The van der Waals surface area contributed by atoms with Crippen molar-refractivity contribution in [1.29, 1.82) is 0 Å². The van der Waals surface area contributed by atoms with E-state index in [4.69, 9.17) is 4.74 Å². The average Bonchev–Trinajstić information content (AvgIpc) is 3.11. The summed E-state index contributed by atoms with van der Waals surface area (Å²) in [5, 5.41) is 1.74. The topological polar surface area (TPSA) is 55.4 Å². The molecule has 6 heteroatoms. The molecule has 0 aliphatic heterocycles. The molecule has 24 heavy (non-hydrogen) atoms. The molecule has 1 N–H and O–H groups in total. The third-order valence-electron chi connectivity index (χ3n) is 3.53. The van der Waals surface area contributed by atoms with Crippen LogP contribution < -0.4 is 9.46 Å². The molecular weight excluding hydrogens is 342 g/mol. The Morgan fingerprint density at radius 1 is 1.04 bits per heavy atom. The van der Waals surface area contributed by atoms with Gasteiger partial charge in [-0.1, -0.05) is 36.4 Å². The van der Waals surface area contributed by atoms with E-state index in [0.717, 1.165) is 16.9 Å². The number of hydrogen-bond donors (Lipinski definition) is 1. The molecule has 0 aliphatic rings. The molecule has 0 amide bonds. The highest BCUT2D eigenvalue weighted by Gasteiger charge is 2.16. The molecule has 124 valence electrons. The number of rotatable bonds is 6. The standard InChI is InChI=1S/C18H17NO3S2/c1-22-17-10-9-16(19-24(20,21)18-8-5-11-23-18)13-15(17)12-14-6-3-2-4-7-14/h2-11,13,19H,12H2,1H3. The van der Waals surface area contributed by atoms with Crippen LogP contribution in [0.4, 0.5) is 5.69 Å². The molecule has 3 aromatic rings. The predicted molar refractivity (Wildman–Crippen MR) is 97.4 cm³/mol. The molecule has 0 saturated heterocycles. The van der Waals surface area contributed by atoms with Crippen LogP contribution in [0, 0.1) is 0 Å². The Kier molecular flexibility index (Phi) is 4.87. The third-order valence-corrected chi connectivity index (χ3v) is 6.31. The lowest BCUT2D eigenvalue weighted by Gasteiger charge is -2.12. The summed E-state index contributed by atoms with van der Waals surface area (Å²) in [6.45, 7) is 0. The van der Waals surface area contributed by atoms with Gasteiger partial charge in [-0.3, -0.25) is 4.72 Å². The van der Waals surface area contributed by atoms with Gasteiger partial charge in [0.15, 0.2) is 0 Å². The zero-order valence-corrected chi connectivity index (χ0v) is 14.7. The van der Waals surface area contributed by atoms with E-state index in [0.29, 0.717) is 16.3 Å². The van der Waals surface area contributed by atoms with Crippen LogP contribution in [0.25, 0.3) is 0 Å². The van der Waals surface area contributed by atoms with Crippen LogP contribution in [0.15, 0.2) is 70.3 Å². The monoisotopic (exact) mass is 359 g/mol. The summed E-state index contributed by atoms with van der Waals surface area (Å²) in [4.78, 5) is 0. The van der Waals surface area contributed by atoms with E-state index in [1.165, 1.54) is 11.3 Å². The lowest BCUT2D eigenvalue weighted by atomic mass is 10.0. The van der Waals surface area contributed by atoms with E-state index in [2.05, 4.69) is 4.72 Å². The smallest absolute Gasteiger partial charge is 0.271 e. The lowest BCUT2D eigenvalue weighted by molar-refractivity contribution is 0.410. The molecule has 0 spiro atoms. The molecule has 2 aromatic carbocycles. The van der Waals surface area contributed by atoms with Crippen LogP contribution in [0.2, 0.25) is 0 Å². The maximum atomic E-state index is 12.4. The first kappa shape index (κ1) is 16.5. The van der Waals surface area contributed by atoms with E-state index in [9.17, 15) is 8.42 Å². The van der Waals surface area contributed by atoms with Crippen molar-refractivity contribution in [2.75, 3.05) is 11.8 Å². The van der Waals surface area contributed by atoms with Gasteiger partial charge < -0.3 is 4.74 Å². The number of methoxy groups -OCH3 is 1. The summed E-state index contributed by atoms with van der Waals surface area (Å²) in [5.74, 6) is 0.734. The van der Waals surface area contributed by atoms with Crippen LogP contribution in [0.1, 0.15) is 11.1 Å². The minimum absolute atomic E-state index is 0.294. The minimum atomic E-state index is -3.55. The molecule has 3 rings (SSSR count). The summed E-state index contributed by atoms with van der Waals surface area (Å²) >= 11 is 1.19. The van der Waals surface area contributed by atoms with Crippen molar-refractivity contribution in [3.05, 3.63) is 77.2 Å². The quantitative estimate of drug-likeness (QED) is 0.719. The second-order valence-corrected chi connectivity index (χ2v) is 8.08. The fourth-order valence-corrected chi connectivity index (χ4v) is 4.46. The minimum Gasteiger partial charge on any atom is -0.496 e. The van der Waals surface area contributed by atoms with Crippen molar-refractivity contribution >= 4 is 27.0 Å². The Morgan fingerprint density at radius 2 is 1.83 bits per heavy atom. The average molecular weight is 359 g/mol. The summed E-state index contributed by atoms with van der Waals surface area (Å²) in [6, 6.07) is 18.6. The van der Waals surface area contributed by atoms with Crippen LogP contribution >= 0.6 is 11.3 Å². The van der Waals surface area contributed by atoms with Gasteiger partial charge in [-0.25, -0.2) is 8.42 Å². The van der Waals surface area contributed by atoms with Crippen molar-refractivity contribution in [1.82, 2.24) is 0 Å². The van der Waals surface area contributed by atoms with Gasteiger partial charge in [0.2, 0.25) is 0 Å². The van der Waals surface area contributed by atoms with Crippen LogP contribution in [0.3, 0.4) is 0 Å². The number of thiophene rings is 1. The summed E-state index contributed by atoms with van der Waals surface area (Å²) in [5.41, 5.74) is 2.58. The van der Waals surface area contributed by atoms with Gasteiger partial charge in [0.25, 0.3) is 10.0 Å². The molecule has 1 aromatic heterocycles. The molecule has 0 aliphatic carbocycles. The van der Waals surface area contributed by atoms with E-state index in [1.54, 1.807) is 36.8 Å². The first-order valence-electron chi connectivity index (χ1n) is 7.35. The van der Waals surface area contributed by atoms with E-state index in [1.807, 2.05) is 36.4 Å². The van der Waals surface area contributed by atoms with Gasteiger partial charge in [0.05, 0.1) is 7.11 Å². The molecule has 1 heterocycles. The van der Waals surface area contributed by atoms with Crippen LogP contribution in [-0.2, 0) is 16.4 Å². The fourth-order valence-electron chi connectivity index (χ4n) is 2.42. The van der Waals surface area contributed by atoms with Crippen LogP contribution in [0.5, 0.6) is 5.75 Å². The zero-order valence-electron chi connectivity index (χ0n) is 13.1. The summed E-state index contributed by atoms with van der Waals surface area (Å²) in [6.07, 6.45) is 0.665. The van der Waals surface area contributed by atoms with Crippen molar-refractivity contribution in [2.24, 2.45) is 0 Å². The lowest BCUT2D eigenvalue weighted by Crippen LogP contribution is -2.11. The normalized spacial score (nSPS) is 11.2. The van der Waals surface area contributed by atoms with Crippen molar-refractivity contribution < 1.29 is 13.2 Å². The summed E-state index contributed by atoms with van der Waals surface area (Å²) in [7, 11) is -1.94. The SMILES string of the molecule is COc1ccc(NS(=O)(=O)c2cccs2)cc1Cc1ccccc1. The largest absolute Gasteiger partial charge is 0.496 e. The summed E-state index contributed by atoms with van der Waals surface area (Å²) < 4.78 is 33.0. The molecule has 0 fully saturated rings. The Hall–Kier alpha value is -2.31. The van der Waals surface area contributed by atoms with Gasteiger partial charge in [0.1, 0.15) is 9.96 Å². The van der Waals surface area contributed by atoms with Gasteiger partial charge in [-0.2, -0.15) is 0 Å². The molecule has 4 nitrogen and oxygen atoms in total. The van der Waals surface area contributed by atoms with Crippen molar-refractivity contribution in [3.8, 4) is 5.75 Å². The fraction of sp³-hybridized carbons (Fsp3) is 0.111. The third kappa shape index (κ3) is 3.77. The molecule has 0 atom stereocenters. The predicted octanol–water partition coefficient (Wildman–Crippen LogP) is 4.15. The Balaban J connectivity index is 1.89. The van der Waals surface area contributed by atoms with Gasteiger partial charge in [0, 0.05) is 17.7 Å². The Labute approximate surface area is 145 Å². The number of ether oxygens (including phenoxy) is 1. The maximum absolute atomic E-state index is 12.4. The molecule has 0 saturated carbocycles. The highest BCUT2D eigenvalue weighted by Crippen LogP contribution is 2.27. The van der Waals surface area contributed by atoms with E-state index >= 15 is 0 Å². The van der Waals surface area contributed by atoms with Crippen LogP contribution in [-0.4, -0.2) is 15.5 Å².